The molecule has 0 bridgehead atoms. The molecule has 8 heteroatoms. The van der Waals surface area contributed by atoms with Crippen molar-refractivity contribution >= 4 is 5.97 Å². The smallest absolute Gasteiger partial charge is 0.305 e. The Labute approximate surface area is 208 Å². The quantitative estimate of drug-likeness (QED) is 0.117. The number of esters is 1. The van der Waals surface area contributed by atoms with E-state index in [9.17, 15) is 4.79 Å². The summed E-state index contributed by atoms with van der Waals surface area (Å²) < 4.78 is 37.9. The Hall–Kier alpha value is -0.770. The maximum Gasteiger partial charge on any atom is 0.305 e. The molecule has 1 atom stereocenters. The van der Waals surface area contributed by atoms with Crippen LogP contribution in [0.3, 0.4) is 0 Å². The van der Waals surface area contributed by atoms with Crippen LogP contribution >= 0.6 is 0 Å². The molecule has 8 nitrogen and oxygen atoms in total. The van der Waals surface area contributed by atoms with Crippen molar-refractivity contribution in [2.75, 3.05) is 85.9 Å². The summed E-state index contributed by atoms with van der Waals surface area (Å²) in [4.78, 5) is 11.6. The molecule has 0 fully saturated rings. The van der Waals surface area contributed by atoms with E-state index < -0.39 is 0 Å². The van der Waals surface area contributed by atoms with E-state index in [-0.39, 0.29) is 5.97 Å². The minimum atomic E-state index is -0.133. The van der Waals surface area contributed by atoms with Gasteiger partial charge in [-0.3, -0.25) is 4.79 Å². The maximum absolute atomic E-state index is 11.6. The number of carbonyl (C=O) groups is 1. The number of unbranched alkanes of at least 4 members (excludes halogenated alkanes) is 5. The summed E-state index contributed by atoms with van der Waals surface area (Å²) in [6, 6.07) is 0. The molecule has 204 valence electrons. The number of ether oxygens (including phenoxy) is 7. The predicted octanol–water partition coefficient (Wildman–Crippen LogP) is 4.43. The maximum atomic E-state index is 11.6. The van der Waals surface area contributed by atoms with E-state index in [1.165, 1.54) is 25.7 Å². The minimum absolute atomic E-state index is 0.133. The third-order valence-corrected chi connectivity index (χ3v) is 5.18. The van der Waals surface area contributed by atoms with Gasteiger partial charge in [0.1, 0.15) is 6.61 Å². The van der Waals surface area contributed by atoms with Gasteiger partial charge in [-0.1, -0.05) is 59.3 Å². The summed E-state index contributed by atoms with van der Waals surface area (Å²) >= 11 is 0. The fourth-order valence-electron chi connectivity index (χ4n) is 2.84. The molecule has 0 aromatic rings. The van der Waals surface area contributed by atoms with Gasteiger partial charge in [-0.05, 0) is 12.3 Å². The second kappa shape index (κ2) is 28.5. The highest BCUT2D eigenvalue weighted by Gasteiger charge is 2.02. The molecule has 34 heavy (non-hydrogen) atoms. The van der Waals surface area contributed by atoms with E-state index in [4.69, 9.17) is 33.2 Å². The molecule has 1 unspecified atom stereocenters. The van der Waals surface area contributed by atoms with Crippen LogP contribution in [0.2, 0.25) is 0 Å². The Kier molecular flexibility index (Phi) is 27.8. The summed E-state index contributed by atoms with van der Waals surface area (Å²) in [5, 5.41) is 0. The molecule has 0 aromatic carbocycles. The zero-order valence-electron chi connectivity index (χ0n) is 22.2. The van der Waals surface area contributed by atoms with Crippen LogP contribution in [0.15, 0.2) is 0 Å². The molecule has 0 saturated carbocycles. The van der Waals surface area contributed by atoms with Crippen molar-refractivity contribution in [3.63, 3.8) is 0 Å². The van der Waals surface area contributed by atoms with Gasteiger partial charge >= 0.3 is 5.97 Å². The molecule has 0 radical (unpaired) electrons. The second-order valence-corrected chi connectivity index (χ2v) is 8.39. The Morgan fingerprint density at radius 3 is 1.44 bits per heavy atom. The van der Waals surface area contributed by atoms with Crippen molar-refractivity contribution in [1.29, 1.82) is 0 Å². The van der Waals surface area contributed by atoms with E-state index in [1.807, 2.05) is 0 Å². The van der Waals surface area contributed by atoms with Crippen LogP contribution in [0.5, 0.6) is 0 Å². The summed E-state index contributed by atoms with van der Waals surface area (Å²) in [7, 11) is 0. The third-order valence-electron chi connectivity index (χ3n) is 5.18. The van der Waals surface area contributed by atoms with Crippen LogP contribution in [0.1, 0.15) is 72.1 Å². The second-order valence-electron chi connectivity index (χ2n) is 8.39. The standard InChI is InChI=1S/C26H52O8/c1-4-6-7-8-9-10-11-26(27)34-23-22-32-19-18-30-15-14-28-12-13-29-16-17-31-20-21-33-24-25(3)5-2/h25H,4-24H2,1-3H3. The first-order valence-electron chi connectivity index (χ1n) is 13.3. The molecule has 0 aliphatic heterocycles. The van der Waals surface area contributed by atoms with Crippen LogP contribution in [0.4, 0.5) is 0 Å². The molecular formula is C26H52O8. The van der Waals surface area contributed by atoms with Gasteiger partial charge < -0.3 is 33.2 Å². The molecule has 0 spiro atoms. The van der Waals surface area contributed by atoms with Gasteiger partial charge in [-0.15, -0.1) is 0 Å². The van der Waals surface area contributed by atoms with Crippen LogP contribution in [-0.2, 0) is 38.0 Å². The first kappa shape index (κ1) is 33.2. The molecule has 0 aliphatic rings. The number of carbonyl (C=O) groups excluding carboxylic acids is 1. The van der Waals surface area contributed by atoms with Crippen molar-refractivity contribution in [2.24, 2.45) is 5.92 Å². The van der Waals surface area contributed by atoms with Crippen LogP contribution in [-0.4, -0.2) is 91.9 Å². The van der Waals surface area contributed by atoms with E-state index in [2.05, 4.69) is 20.8 Å². The SMILES string of the molecule is CCCCCCCCC(=O)OCCOCCOCCOCCOCCOCCOCC(C)CC. The lowest BCUT2D eigenvalue weighted by Gasteiger charge is -2.10. The van der Waals surface area contributed by atoms with Crippen molar-refractivity contribution in [3.05, 3.63) is 0 Å². The third kappa shape index (κ3) is 27.5. The highest BCUT2D eigenvalue weighted by atomic mass is 16.6. The van der Waals surface area contributed by atoms with Crippen LogP contribution in [0, 0.1) is 5.92 Å². The monoisotopic (exact) mass is 492 g/mol. The number of rotatable bonds is 28. The Bertz CT molecular complexity index is 408. The van der Waals surface area contributed by atoms with Crippen molar-refractivity contribution in [2.45, 2.75) is 72.1 Å². The highest BCUT2D eigenvalue weighted by molar-refractivity contribution is 5.69. The largest absolute Gasteiger partial charge is 0.463 e. The summed E-state index contributed by atoms with van der Waals surface area (Å²) in [6.07, 6.45) is 8.63. The van der Waals surface area contributed by atoms with Gasteiger partial charge in [0.15, 0.2) is 0 Å². The van der Waals surface area contributed by atoms with Gasteiger partial charge in [0.25, 0.3) is 0 Å². The Morgan fingerprint density at radius 1 is 0.559 bits per heavy atom. The fourth-order valence-corrected chi connectivity index (χ4v) is 2.84. The molecule has 0 amide bonds. The van der Waals surface area contributed by atoms with Crippen molar-refractivity contribution in [3.8, 4) is 0 Å². The van der Waals surface area contributed by atoms with Gasteiger partial charge in [0, 0.05) is 13.0 Å². The fraction of sp³-hybridized carbons (Fsp3) is 0.962. The molecular weight excluding hydrogens is 440 g/mol. The lowest BCUT2D eigenvalue weighted by atomic mass is 10.1. The number of hydrogen-bond acceptors (Lipinski definition) is 8. The van der Waals surface area contributed by atoms with Crippen molar-refractivity contribution < 1.29 is 38.0 Å². The van der Waals surface area contributed by atoms with E-state index >= 15 is 0 Å². The first-order chi connectivity index (χ1) is 16.7. The molecule has 0 rings (SSSR count). The zero-order valence-corrected chi connectivity index (χ0v) is 22.2. The minimum Gasteiger partial charge on any atom is -0.463 e. The van der Waals surface area contributed by atoms with E-state index in [1.54, 1.807) is 0 Å². The van der Waals surface area contributed by atoms with Crippen LogP contribution in [0.25, 0.3) is 0 Å². The predicted molar refractivity (Wildman–Crippen MR) is 133 cm³/mol. The van der Waals surface area contributed by atoms with Crippen LogP contribution < -0.4 is 0 Å². The molecule has 0 N–H and O–H groups in total. The summed E-state index contributed by atoms with van der Waals surface area (Å²) in [5.74, 6) is 0.468. The lowest BCUT2D eigenvalue weighted by molar-refractivity contribution is -0.145. The molecule has 0 aliphatic carbocycles. The normalized spacial score (nSPS) is 12.2. The van der Waals surface area contributed by atoms with E-state index in [0.29, 0.717) is 91.6 Å². The van der Waals surface area contributed by atoms with Gasteiger partial charge in [-0.2, -0.15) is 0 Å². The molecule has 0 saturated heterocycles. The molecule has 0 heterocycles. The van der Waals surface area contributed by atoms with E-state index in [0.717, 1.165) is 25.9 Å². The average Bonchev–Trinajstić information content (AvgIpc) is 2.84. The number of hydrogen-bond donors (Lipinski definition) is 0. The molecule has 0 aromatic heterocycles. The summed E-state index contributed by atoms with van der Waals surface area (Å²) in [5.41, 5.74) is 0. The lowest BCUT2D eigenvalue weighted by Crippen LogP contribution is -2.15. The highest BCUT2D eigenvalue weighted by Crippen LogP contribution is 2.07. The Balaban J connectivity index is 3.12. The van der Waals surface area contributed by atoms with Gasteiger partial charge in [0.2, 0.25) is 0 Å². The van der Waals surface area contributed by atoms with Gasteiger partial charge in [-0.25, -0.2) is 0 Å². The van der Waals surface area contributed by atoms with Crippen molar-refractivity contribution in [1.82, 2.24) is 0 Å². The zero-order chi connectivity index (χ0) is 25.0. The average molecular weight is 493 g/mol. The first-order valence-corrected chi connectivity index (χ1v) is 13.3. The Morgan fingerprint density at radius 2 is 0.971 bits per heavy atom. The summed E-state index contributed by atoms with van der Waals surface area (Å²) in [6.45, 7) is 13.4. The van der Waals surface area contributed by atoms with Gasteiger partial charge in [0.05, 0.1) is 72.7 Å². The topological polar surface area (TPSA) is 81.7 Å².